The third-order valence-corrected chi connectivity index (χ3v) is 3.78. The number of carbonyl (C=O) groups is 2. The van der Waals surface area contributed by atoms with Crippen molar-refractivity contribution in [2.45, 2.75) is 0 Å². The van der Waals surface area contributed by atoms with Crippen molar-refractivity contribution in [3.63, 3.8) is 0 Å². The predicted molar refractivity (Wildman–Crippen MR) is 75.3 cm³/mol. The maximum absolute atomic E-state index is 11.7. The molecule has 6 heteroatoms. The molecule has 0 atom stereocenters. The number of ether oxygens (including phenoxy) is 1. The van der Waals surface area contributed by atoms with E-state index < -0.39 is 11.8 Å². The van der Waals surface area contributed by atoms with E-state index in [0.29, 0.717) is 18.6 Å². The van der Waals surface area contributed by atoms with Crippen molar-refractivity contribution in [3.05, 3.63) is 30.0 Å². The molecule has 0 bridgehead atoms. The number of benzene rings is 1. The van der Waals surface area contributed by atoms with Crippen LogP contribution in [0.1, 0.15) is 10.4 Å². The molecule has 0 saturated carbocycles. The summed E-state index contributed by atoms with van der Waals surface area (Å²) in [5.74, 6) is -2.67. The number of rotatable bonds is 3. The maximum atomic E-state index is 11.7. The second-order valence-electron chi connectivity index (χ2n) is 5.07. The van der Waals surface area contributed by atoms with Gasteiger partial charge >= 0.3 is 0 Å². The molecule has 1 aliphatic heterocycles. The molecule has 1 aromatic carbocycles. The lowest BCUT2D eigenvalue weighted by molar-refractivity contribution is -0.296. The summed E-state index contributed by atoms with van der Waals surface area (Å²) in [4.78, 5) is 24.6. The van der Waals surface area contributed by atoms with E-state index in [1.165, 1.54) is 6.20 Å². The Morgan fingerprint density at radius 1 is 1.24 bits per heavy atom. The molecule has 0 spiro atoms. The first-order valence-electron chi connectivity index (χ1n) is 6.75. The Balaban J connectivity index is 2.04. The second-order valence-corrected chi connectivity index (χ2v) is 5.07. The number of ketones is 1. The highest BCUT2D eigenvalue weighted by atomic mass is 16.5. The van der Waals surface area contributed by atoms with Crippen LogP contribution in [0.3, 0.4) is 0 Å². The lowest BCUT2D eigenvalue weighted by atomic mass is 10.1. The number of carboxylic acids is 1. The average Bonchev–Trinajstić information content (AvgIpc) is 2.84. The first-order chi connectivity index (χ1) is 10.1. The molecule has 1 aliphatic rings. The Bertz CT molecular complexity index is 714. The van der Waals surface area contributed by atoms with E-state index in [1.807, 2.05) is 12.1 Å². The van der Waals surface area contributed by atoms with Gasteiger partial charge in [0.1, 0.15) is 5.97 Å². The van der Waals surface area contributed by atoms with Gasteiger partial charge in [0.25, 0.3) is 0 Å². The molecular weight excluding hydrogens is 272 g/mol. The molecule has 1 fully saturated rings. The van der Waals surface area contributed by atoms with Gasteiger partial charge in [0.15, 0.2) is 0 Å². The fraction of sp³-hybridized carbons (Fsp3) is 0.333. The molecule has 0 radical (unpaired) electrons. The van der Waals surface area contributed by atoms with E-state index in [-0.39, 0.29) is 5.56 Å². The first-order valence-corrected chi connectivity index (χ1v) is 6.75. The zero-order valence-corrected chi connectivity index (χ0v) is 11.7. The van der Waals surface area contributed by atoms with Gasteiger partial charge in [-0.25, -0.2) is 0 Å². The summed E-state index contributed by atoms with van der Waals surface area (Å²) < 4.78 is 7.09. The lowest BCUT2D eigenvalue weighted by Crippen LogP contribution is -2.36. The highest BCUT2D eigenvalue weighted by molar-refractivity contribution is 6.41. The molecule has 110 valence electrons. The number of hydrogen-bond acceptors (Lipinski definition) is 5. The Morgan fingerprint density at radius 2 is 1.95 bits per heavy atom. The van der Waals surface area contributed by atoms with Crippen LogP contribution in [0.25, 0.3) is 10.9 Å². The summed E-state index contributed by atoms with van der Waals surface area (Å²) in [6, 6.07) is 5.66. The highest BCUT2D eigenvalue weighted by Crippen LogP contribution is 2.26. The fourth-order valence-electron chi connectivity index (χ4n) is 2.68. The molecule has 21 heavy (non-hydrogen) atoms. The average molecular weight is 287 g/mol. The molecule has 2 aromatic rings. The van der Waals surface area contributed by atoms with E-state index in [2.05, 4.69) is 4.90 Å². The smallest absolute Gasteiger partial charge is 0.210 e. The largest absolute Gasteiger partial charge is 0.541 e. The van der Waals surface area contributed by atoms with Gasteiger partial charge in [-0.1, -0.05) is 6.07 Å². The Labute approximate surface area is 121 Å². The zero-order valence-electron chi connectivity index (χ0n) is 11.7. The molecule has 0 aliphatic carbocycles. The van der Waals surface area contributed by atoms with Crippen molar-refractivity contribution in [2.75, 3.05) is 31.2 Å². The fourth-order valence-corrected chi connectivity index (χ4v) is 2.68. The van der Waals surface area contributed by atoms with Crippen LogP contribution in [0.4, 0.5) is 5.69 Å². The van der Waals surface area contributed by atoms with E-state index in [0.717, 1.165) is 24.3 Å². The number of hydrogen-bond donors (Lipinski definition) is 0. The topological polar surface area (TPSA) is 74.6 Å². The van der Waals surface area contributed by atoms with E-state index >= 15 is 0 Å². The summed E-state index contributed by atoms with van der Waals surface area (Å²) in [7, 11) is 1.79. The lowest BCUT2D eigenvalue weighted by Gasteiger charge is -2.29. The van der Waals surface area contributed by atoms with Crippen molar-refractivity contribution in [2.24, 2.45) is 7.05 Å². The van der Waals surface area contributed by atoms with Crippen molar-refractivity contribution in [3.8, 4) is 0 Å². The van der Waals surface area contributed by atoms with Crippen molar-refractivity contribution in [1.82, 2.24) is 4.57 Å². The van der Waals surface area contributed by atoms with Gasteiger partial charge in [0, 0.05) is 43.0 Å². The number of aliphatic carboxylic acids is 1. The molecule has 0 amide bonds. The first kappa shape index (κ1) is 13.6. The molecule has 3 rings (SSSR count). The standard InChI is InChI=1S/C15H16N2O4/c1-16-9-12(14(18)15(19)20)11-3-2-10(8-13(11)16)17-4-6-21-7-5-17/h2-3,8-9H,4-7H2,1H3,(H,19,20)/p-1. The van der Waals surface area contributed by atoms with Gasteiger partial charge in [-0.3, -0.25) is 4.79 Å². The minimum Gasteiger partial charge on any atom is -0.541 e. The summed E-state index contributed by atoms with van der Waals surface area (Å²) in [5, 5.41) is 11.4. The van der Waals surface area contributed by atoms with Crippen molar-refractivity contribution < 1.29 is 19.4 Å². The Kier molecular flexibility index (Phi) is 3.39. The third-order valence-electron chi connectivity index (χ3n) is 3.78. The number of carboxylic acid groups (broad SMARTS) is 1. The highest BCUT2D eigenvalue weighted by Gasteiger charge is 2.17. The van der Waals surface area contributed by atoms with Gasteiger partial charge in [0.2, 0.25) is 5.78 Å². The predicted octanol–water partition coefficient (Wildman–Crippen LogP) is -0.0525. The number of Topliss-reactive ketones (excluding diaryl/α,β-unsaturated/α-hetero) is 1. The third kappa shape index (κ3) is 2.38. The zero-order chi connectivity index (χ0) is 15.0. The van der Waals surface area contributed by atoms with Gasteiger partial charge in [-0.2, -0.15) is 0 Å². The van der Waals surface area contributed by atoms with Crippen molar-refractivity contribution in [1.29, 1.82) is 0 Å². The molecular formula is C15H15N2O4-. The monoisotopic (exact) mass is 287 g/mol. The molecule has 0 N–H and O–H groups in total. The van der Waals surface area contributed by atoms with Crippen LogP contribution in [0.5, 0.6) is 0 Å². The van der Waals surface area contributed by atoms with E-state index in [4.69, 9.17) is 4.74 Å². The van der Waals surface area contributed by atoms with Crippen LogP contribution in [-0.4, -0.2) is 42.6 Å². The van der Waals surface area contributed by atoms with Gasteiger partial charge in [0.05, 0.1) is 18.7 Å². The molecule has 1 saturated heterocycles. The van der Waals surface area contributed by atoms with Crippen LogP contribution >= 0.6 is 0 Å². The van der Waals surface area contributed by atoms with Gasteiger partial charge in [-0.05, 0) is 12.1 Å². The number of aromatic nitrogens is 1. The Hall–Kier alpha value is -2.34. The normalized spacial score (nSPS) is 15.4. The van der Waals surface area contributed by atoms with Crippen LogP contribution in [-0.2, 0) is 16.6 Å². The van der Waals surface area contributed by atoms with E-state index in [9.17, 15) is 14.7 Å². The summed E-state index contributed by atoms with van der Waals surface area (Å²) in [6.45, 7) is 3.03. The maximum Gasteiger partial charge on any atom is 0.210 e. The molecule has 1 aromatic heterocycles. The SMILES string of the molecule is Cn1cc(C(=O)C(=O)[O-])c2ccc(N3CCOCC3)cc21. The number of fused-ring (bicyclic) bond motifs is 1. The Morgan fingerprint density at radius 3 is 2.62 bits per heavy atom. The summed E-state index contributed by atoms with van der Waals surface area (Å²) in [6.07, 6.45) is 1.53. The van der Waals surface area contributed by atoms with Crippen LogP contribution in [0.2, 0.25) is 0 Å². The second kappa shape index (κ2) is 5.21. The minimum atomic E-state index is -1.68. The van der Waals surface area contributed by atoms with Crippen LogP contribution in [0.15, 0.2) is 24.4 Å². The molecule has 0 unspecified atom stereocenters. The number of aryl methyl sites for hydroxylation is 1. The molecule has 6 nitrogen and oxygen atoms in total. The van der Waals surface area contributed by atoms with Crippen molar-refractivity contribution >= 4 is 28.3 Å². The van der Waals surface area contributed by atoms with Crippen LogP contribution < -0.4 is 10.0 Å². The number of nitrogens with zero attached hydrogens (tertiary/aromatic N) is 2. The summed E-state index contributed by atoms with van der Waals surface area (Å²) >= 11 is 0. The minimum absolute atomic E-state index is 0.168. The summed E-state index contributed by atoms with van der Waals surface area (Å²) in [5.41, 5.74) is 2.03. The van der Waals surface area contributed by atoms with Crippen LogP contribution in [0, 0.1) is 0 Å². The number of anilines is 1. The van der Waals surface area contributed by atoms with E-state index in [1.54, 1.807) is 17.7 Å². The number of morpholine rings is 1. The number of carbonyl (C=O) groups excluding carboxylic acids is 2. The quantitative estimate of drug-likeness (QED) is 0.584. The van der Waals surface area contributed by atoms with Gasteiger partial charge in [-0.15, -0.1) is 0 Å². The van der Waals surface area contributed by atoms with Gasteiger partial charge < -0.3 is 24.1 Å². The molecule has 2 heterocycles.